The van der Waals surface area contributed by atoms with Crippen molar-refractivity contribution in [2.75, 3.05) is 0 Å². The molecule has 0 aromatic rings. The Morgan fingerprint density at radius 1 is 0.409 bits per heavy atom. The van der Waals surface area contributed by atoms with Crippen LogP contribution in [0.3, 0.4) is 0 Å². The number of carbonyl (C=O) groups is 2. The van der Waals surface area contributed by atoms with E-state index in [-0.39, 0.29) is 62.8 Å². The van der Waals surface area contributed by atoms with Gasteiger partial charge in [-0.05, 0) is 51.4 Å². The number of carbonyl (C=O) groups excluding carboxylic acids is 2. The van der Waals surface area contributed by atoms with Gasteiger partial charge in [-0.25, -0.2) is 0 Å². The molecule has 0 saturated carbocycles. The zero-order chi connectivity index (χ0) is 31.5. The van der Waals surface area contributed by atoms with Gasteiger partial charge < -0.3 is 30.0 Å². The summed E-state index contributed by atoms with van der Waals surface area (Å²) in [5.74, 6) is -1.86. The largest absolute Gasteiger partial charge is 1.00 e. The average Bonchev–Trinajstić information content (AvgIpc) is 2.95. The van der Waals surface area contributed by atoms with Gasteiger partial charge in [-0.15, -0.1) is 0 Å². The van der Waals surface area contributed by atoms with Crippen LogP contribution in [-0.2, 0) is 9.59 Å². The summed E-state index contributed by atoms with van der Waals surface area (Å²) in [6.45, 7) is 4.42. The summed E-state index contributed by atoms with van der Waals surface area (Å²) in [4.78, 5) is 20.5. The maximum atomic E-state index is 10.2. The van der Waals surface area contributed by atoms with Gasteiger partial charge in [0, 0.05) is 11.9 Å². The predicted octanol–water partition coefficient (Wildman–Crippen LogP) is 1.95. The Kier molecular flexibility index (Phi) is 49.8. The van der Waals surface area contributed by atoms with E-state index in [1.54, 1.807) is 0 Å². The maximum absolute atomic E-state index is 10.2. The molecular formula is C36H70Li2O6. The van der Waals surface area contributed by atoms with Crippen LogP contribution in [0.5, 0.6) is 0 Å². The van der Waals surface area contributed by atoms with Crippen LogP contribution in [0, 0.1) is 0 Å². The molecule has 2 unspecified atom stereocenters. The van der Waals surface area contributed by atoms with Gasteiger partial charge in [-0.3, -0.25) is 0 Å². The van der Waals surface area contributed by atoms with Crippen molar-refractivity contribution in [3.05, 3.63) is 0 Å². The molecule has 0 radical (unpaired) electrons. The zero-order valence-corrected chi connectivity index (χ0v) is 29.9. The van der Waals surface area contributed by atoms with Crippen LogP contribution in [0.25, 0.3) is 0 Å². The average molecular weight is 613 g/mol. The molecule has 0 aliphatic rings. The van der Waals surface area contributed by atoms with Crippen LogP contribution >= 0.6 is 0 Å². The summed E-state index contributed by atoms with van der Waals surface area (Å²) in [7, 11) is 0. The normalized spacial score (nSPS) is 11.9. The van der Waals surface area contributed by atoms with Gasteiger partial charge in [0.15, 0.2) is 0 Å². The third-order valence-electron chi connectivity index (χ3n) is 8.12. The molecule has 0 rings (SSSR count). The van der Waals surface area contributed by atoms with E-state index in [0.717, 1.165) is 77.0 Å². The Bertz CT molecular complexity index is 517. The summed E-state index contributed by atoms with van der Waals surface area (Å²) in [6, 6.07) is 0. The van der Waals surface area contributed by atoms with Gasteiger partial charge in [0.25, 0.3) is 0 Å². The van der Waals surface area contributed by atoms with Crippen molar-refractivity contribution in [3.8, 4) is 0 Å². The van der Waals surface area contributed by atoms with E-state index < -0.39 is 11.9 Å². The summed E-state index contributed by atoms with van der Waals surface area (Å²) in [5, 5.41) is 40.1. The molecule has 0 amide bonds. The third-order valence-corrected chi connectivity index (χ3v) is 8.12. The molecule has 2 atom stereocenters. The minimum absolute atomic E-state index is 0. The van der Waals surface area contributed by atoms with Gasteiger partial charge in [-0.1, -0.05) is 155 Å². The molecule has 0 saturated heterocycles. The molecular weight excluding hydrogens is 542 g/mol. The molecule has 0 aromatic carbocycles. The van der Waals surface area contributed by atoms with Gasteiger partial charge in [-0.2, -0.15) is 0 Å². The second-order valence-electron chi connectivity index (χ2n) is 12.5. The Morgan fingerprint density at radius 3 is 0.841 bits per heavy atom. The quantitative estimate of drug-likeness (QED) is 0.0885. The number of rotatable bonds is 32. The van der Waals surface area contributed by atoms with Crippen LogP contribution in [-0.4, -0.2) is 34.4 Å². The van der Waals surface area contributed by atoms with Crippen LogP contribution in [0.1, 0.15) is 206 Å². The molecule has 0 aliphatic heterocycles. The summed E-state index contributed by atoms with van der Waals surface area (Å²) < 4.78 is 0. The molecule has 6 nitrogen and oxygen atoms in total. The van der Waals surface area contributed by atoms with Gasteiger partial charge in [0.1, 0.15) is 0 Å². The number of hydrogen-bond donors (Lipinski definition) is 2. The first-order valence-corrected chi connectivity index (χ1v) is 18.1. The number of carboxylic acid groups (broad SMARTS) is 2. The summed E-state index contributed by atoms with van der Waals surface area (Å²) in [6.07, 6.45) is 31.8. The first kappa shape index (κ1) is 50.9. The minimum Gasteiger partial charge on any atom is -0.550 e. The van der Waals surface area contributed by atoms with Gasteiger partial charge in [0.05, 0.1) is 12.2 Å². The number of hydrogen-bond acceptors (Lipinski definition) is 6. The molecule has 44 heavy (non-hydrogen) atoms. The molecule has 252 valence electrons. The Morgan fingerprint density at radius 2 is 0.614 bits per heavy atom. The van der Waals surface area contributed by atoms with E-state index in [2.05, 4.69) is 13.8 Å². The van der Waals surface area contributed by atoms with E-state index in [0.29, 0.717) is 0 Å². The second-order valence-corrected chi connectivity index (χ2v) is 12.5. The van der Waals surface area contributed by atoms with Crippen molar-refractivity contribution in [1.82, 2.24) is 0 Å². The van der Waals surface area contributed by atoms with Crippen molar-refractivity contribution in [2.24, 2.45) is 0 Å². The zero-order valence-electron chi connectivity index (χ0n) is 29.9. The topological polar surface area (TPSA) is 121 Å². The van der Waals surface area contributed by atoms with Crippen molar-refractivity contribution < 1.29 is 67.7 Å². The molecule has 0 aromatic heterocycles. The van der Waals surface area contributed by atoms with Gasteiger partial charge in [0.2, 0.25) is 0 Å². The number of aliphatic hydroxyl groups is 2. The first-order valence-electron chi connectivity index (χ1n) is 18.1. The Labute approximate surface area is 297 Å². The Balaban J connectivity index is -0.000000348. The van der Waals surface area contributed by atoms with Crippen LogP contribution in [0.15, 0.2) is 0 Å². The van der Waals surface area contributed by atoms with E-state index in [9.17, 15) is 30.0 Å². The smallest absolute Gasteiger partial charge is 0.550 e. The van der Waals surface area contributed by atoms with Crippen molar-refractivity contribution >= 4 is 11.9 Å². The van der Waals surface area contributed by atoms with Crippen LogP contribution in [0.2, 0.25) is 0 Å². The third kappa shape index (κ3) is 48.9. The second kappa shape index (κ2) is 43.1. The van der Waals surface area contributed by atoms with Crippen molar-refractivity contribution in [2.45, 2.75) is 219 Å². The molecule has 0 heterocycles. The van der Waals surface area contributed by atoms with E-state index in [4.69, 9.17) is 0 Å². The van der Waals surface area contributed by atoms with E-state index in [1.165, 1.54) is 103 Å². The molecule has 8 heteroatoms. The molecule has 0 fully saturated rings. The van der Waals surface area contributed by atoms with Gasteiger partial charge >= 0.3 is 37.7 Å². The molecule has 0 aliphatic carbocycles. The SMILES string of the molecule is CCCCCCC(O)CCCCCCCCCCC(=O)[O-].CCCCCCC(O)CCCCCCCCCCC(=O)[O-].[Li+].[Li+]. The predicted molar refractivity (Wildman–Crippen MR) is 172 cm³/mol. The Hall–Kier alpha value is 0.0548. The minimum atomic E-state index is -0.928. The molecule has 2 N–H and O–H groups in total. The van der Waals surface area contributed by atoms with Crippen LogP contribution < -0.4 is 47.9 Å². The first-order chi connectivity index (χ1) is 20.3. The molecule has 0 spiro atoms. The van der Waals surface area contributed by atoms with Crippen molar-refractivity contribution in [3.63, 3.8) is 0 Å². The number of unbranched alkanes of at least 4 members (excludes halogenated alkanes) is 20. The fraction of sp³-hybridized carbons (Fsp3) is 0.944. The fourth-order valence-corrected chi connectivity index (χ4v) is 5.32. The van der Waals surface area contributed by atoms with E-state index >= 15 is 0 Å². The summed E-state index contributed by atoms with van der Waals surface area (Å²) in [5.41, 5.74) is 0. The number of carboxylic acids is 2. The van der Waals surface area contributed by atoms with Crippen LogP contribution in [0.4, 0.5) is 0 Å². The monoisotopic (exact) mass is 613 g/mol. The fourth-order valence-electron chi connectivity index (χ4n) is 5.32. The number of aliphatic carboxylic acids is 2. The standard InChI is InChI=1S/2C18H36O3.2Li/c2*1-2-3-4-11-14-17(19)15-12-9-7-5-6-8-10-13-16-18(20)21;;/h2*17,19H,2-16H2,1H3,(H,20,21);;/q;;2*+1/p-2. The number of aliphatic hydroxyl groups excluding tert-OH is 2. The maximum Gasteiger partial charge on any atom is 1.00 e. The summed E-state index contributed by atoms with van der Waals surface area (Å²) >= 11 is 0. The molecule has 0 bridgehead atoms. The van der Waals surface area contributed by atoms with E-state index in [1.807, 2.05) is 0 Å². The van der Waals surface area contributed by atoms with Crippen molar-refractivity contribution in [1.29, 1.82) is 0 Å².